The third-order valence-corrected chi connectivity index (χ3v) is 9.22. The molecule has 5 heterocycles. The first-order valence-electron chi connectivity index (χ1n) is 13.2. The number of nitrogens with zero attached hydrogens (tertiary/aromatic N) is 2. The smallest absolute Gasteiger partial charge is 0.134 e. The molecule has 0 radical (unpaired) electrons. The van der Waals surface area contributed by atoms with Crippen molar-refractivity contribution in [2.75, 3.05) is 0 Å². The quantitative estimate of drug-likeness (QED) is 0.280. The molecule has 4 aliphatic rings. The predicted octanol–water partition coefficient (Wildman–Crippen LogP) is 5.04. The van der Waals surface area contributed by atoms with Crippen LogP contribution in [0.3, 0.4) is 0 Å². The monoisotopic (exact) mass is 462 g/mol. The van der Waals surface area contributed by atoms with Gasteiger partial charge in [0, 0.05) is 30.2 Å². The molecular weight excluding hydrogens is 436 g/mol. The molecule has 0 saturated heterocycles. The summed E-state index contributed by atoms with van der Waals surface area (Å²) in [7, 11) is 0. The van der Waals surface area contributed by atoms with Gasteiger partial charge in [-0.25, -0.2) is 0 Å². The minimum Gasteiger partial charge on any atom is -0.134 e. The van der Waals surface area contributed by atoms with Crippen LogP contribution in [0.1, 0.15) is 56.0 Å². The van der Waals surface area contributed by atoms with Crippen molar-refractivity contribution < 1.29 is 9.13 Å². The maximum atomic E-state index is 2.80. The molecule has 2 aromatic heterocycles. The van der Waals surface area contributed by atoms with E-state index in [9.17, 15) is 0 Å². The molecule has 0 N–H and O–H groups in total. The molecule has 2 nitrogen and oxygen atoms in total. The van der Waals surface area contributed by atoms with Crippen LogP contribution < -0.4 is 9.13 Å². The fourth-order valence-electron chi connectivity index (χ4n) is 7.90. The number of benzene rings is 3. The minimum atomic E-state index is -0.278. The van der Waals surface area contributed by atoms with E-state index in [4.69, 9.17) is 0 Å². The number of pyridine rings is 2. The SMILES string of the molecule is c1ccc2c(c1)Cc1c3c(cc4[n+]1C1(C2)c2c(cccc2C4)Cc2cccc[n+]21)-c1ccccc1C3. The van der Waals surface area contributed by atoms with Crippen LogP contribution in [-0.4, -0.2) is 0 Å². The lowest BCUT2D eigenvalue weighted by Gasteiger charge is -2.36. The molecule has 0 fully saturated rings. The Kier molecular flexibility index (Phi) is 3.51. The summed E-state index contributed by atoms with van der Waals surface area (Å²) in [4.78, 5) is 0. The van der Waals surface area contributed by atoms with Gasteiger partial charge in [-0.3, -0.25) is 0 Å². The van der Waals surface area contributed by atoms with Crippen molar-refractivity contribution in [2.45, 2.75) is 37.8 Å². The Bertz CT molecular complexity index is 1780. The van der Waals surface area contributed by atoms with Crippen molar-refractivity contribution in [1.29, 1.82) is 0 Å². The third-order valence-electron chi connectivity index (χ3n) is 9.22. The molecule has 3 aliphatic heterocycles. The average molecular weight is 463 g/mol. The van der Waals surface area contributed by atoms with E-state index in [1.807, 2.05) is 0 Å². The van der Waals surface area contributed by atoms with Gasteiger partial charge in [0.2, 0.25) is 0 Å². The second-order valence-electron chi connectivity index (χ2n) is 10.9. The van der Waals surface area contributed by atoms with Gasteiger partial charge in [-0.2, -0.15) is 0 Å². The van der Waals surface area contributed by atoms with Gasteiger partial charge in [0.05, 0.1) is 19.3 Å². The summed E-state index contributed by atoms with van der Waals surface area (Å²) in [5.41, 5.74) is 17.4. The Morgan fingerprint density at radius 3 is 2.17 bits per heavy atom. The highest BCUT2D eigenvalue weighted by Gasteiger charge is 2.63. The molecule has 1 atom stereocenters. The van der Waals surface area contributed by atoms with E-state index >= 15 is 0 Å². The highest BCUT2D eigenvalue weighted by atomic mass is 15.3. The van der Waals surface area contributed by atoms with Crippen LogP contribution in [0.15, 0.2) is 97.2 Å². The van der Waals surface area contributed by atoms with Gasteiger partial charge in [0.1, 0.15) is 12.0 Å². The summed E-state index contributed by atoms with van der Waals surface area (Å²) in [5.74, 6) is 0. The van der Waals surface area contributed by atoms with Crippen LogP contribution in [0.2, 0.25) is 0 Å². The fraction of sp³-hybridized carbons (Fsp3) is 0.176. The van der Waals surface area contributed by atoms with E-state index < -0.39 is 0 Å². The number of hydrogen-bond acceptors (Lipinski definition) is 0. The van der Waals surface area contributed by atoms with Crippen LogP contribution in [-0.2, 0) is 37.8 Å². The molecule has 3 aromatic carbocycles. The van der Waals surface area contributed by atoms with Crippen LogP contribution in [0.25, 0.3) is 11.1 Å². The maximum absolute atomic E-state index is 2.80. The molecular formula is C34H26N2+2. The van der Waals surface area contributed by atoms with Crippen LogP contribution >= 0.6 is 0 Å². The summed E-state index contributed by atoms with van der Waals surface area (Å²) in [6.07, 6.45) is 7.33. The minimum absolute atomic E-state index is 0.278. The summed E-state index contributed by atoms with van der Waals surface area (Å²) < 4.78 is 5.42. The second kappa shape index (κ2) is 6.59. The Morgan fingerprint density at radius 2 is 1.28 bits per heavy atom. The summed E-state index contributed by atoms with van der Waals surface area (Å²) in [6.45, 7) is 0. The molecule has 0 amide bonds. The van der Waals surface area contributed by atoms with Crippen molar-refractivity contribution in [2.24, 2.45) is 0 Å². The number of rotatable bonds is 0. The Labute approximate surface area is 211 Å². The molecule has 5 aromatic rings. The molecule has 170 valence electrons. The zero-order chi connectivity index (χ0) is 23.4. The van der Waals surface area contributed by atoms with Gasteiger partial charge in [-0.05, 0) is 38.9 Å². The molecule has 1 spiro atoms. The Balaban J connectivity index is 1.48. The summed E-state index contributed by atoms with van der Waals surface area (Å²) >= 11 is 0. The van der Waals surface area contributed by atoms with Crippen molar-refractivity contribution in [1.82, 2.24) is 0 Å². The highest BCUT2D eigenvalue weighted by molar-refractivity contribution is 5.77. The van der Waals surface area contributed by atoms with Crippen LogP contribution in [0.4, 0.5) is 0 Å². The van der Waals surface area contributed by atoms with Gasteiger partial charge in [0.25, 0.3) is 0 Å². The van der Waals surface area contributed by atoms with Crippen LogP contribution in [0.5, 0.6) is 0 Å². The topological polar surface area (TPSA) is 7.76 Å². The van der Waals surface area contributed by atoms with Gasteiger partial charge in [0.15, 0.2) is 23.3 Å². The van der Waals surface area contributed by atoms with Gasteiger partial charge >= 0.3 is 5.66 Å². The normalized spacial score (nSPS) is 19.2. The molecule has 0 bridgehead atoms. The van der Waals surface area contributed by atoms with Crippen molar-refractivity contribution in [3.63, 3.8) is 0 Å². The predicted molar refractivity (Wildman–Crippen MR) is 139 cm³/mol. The third kappa shape index (κ3) is 2.24. The zero-order valence-corrected chi connectivity index (χ0v) is 20.2. The largest absolute Gasteiger partial charge is 0.393 e. The molecule has 36 heavy (non-hydrogen) atoms. The summed E-state index contributed by atoms with van der Waals surface area (Å²) in [5, 5.41) is 0. The van der Waals surface area contributed by atoms with E-state index in [1.54, 1.807) is 5.56 Å². The van der Waals surface area contributed by atoms with E-state index in [-0.39, 0.29) is 5.66 Å². The average Bonchev–Trinajstić information content (AvgIpc) is 3.20. The molecule has 9 rings (SSSR count). The first-order valence-corrected chi connectivity index (χ1v) is 13.2. The zero-order valence-electron chi connectivity index (χ0n) is 20.2. The fourth-order valence-corrected chi connectivity index (χ4v) is 7.90. The van der Waals surface area contributed by atoms with E-state index in [1.165, 1.54) is 61.6 Å². The molecule has 1 unspecified atom stereocenters. The van der Waals surface area contributed by atoms with Gasteiger partial charge < -0.3 is 0 Å². The first kappa shape index (κ1) is 19.2. The van der Waals surface area contributed by atoms with E-state index in [0.29, 0.717) is 0 Å². The molecule has 0 saturated carbocycles. The lowest BCUT2D eigenvalue weighted by atomic mass is 9.76. The first-order chi connectivity index (χ1) is 17.8. The Morgan fingerprint density at radius 1 is 0.556 bits per heavy atom. The second-order valence-corrected chi connectivity index (χ2v) is 10.9. The number of fused-ring (bicyclic) bond motifs is 6. The van der Waals surface area contributed by atoms with Crippen molar-refractivity contribution in [3.8, 4) is 11.1 Å². The molecule has 1 aliphatic carbocycles. The number of hydrogen-bond donors (Lipinski definition) is 0. The van der Waals surface area contributed by atoms with Crippen LogP contribution in [0, 0.1) is 0 Å². The van der Waals surface area contributed by atoms with E-state index in [0.717, 1.165) is 32.1 Å². The lowest BCUT2D eigenvalue weighted by Crippen LogP contribution is -2.80. The maximum Gasteiger partial charge on any atom is 0.393 e. The number of aromatic nitrogens is 2. The van der Waals surface area contributed by atoms with Gasteiger partial charge in [-0.1, -0.05) is 72.8 Å². The molecule has 2 heteroatoms. The van der Waals surface area contributed by atoms with Gasteiger partial charge in [-0.15, -0.1) is 9.13 Å². The van der Waals surface area contributed by atoms with Crippen molar-refractivity contribution >= 4 is 0 Å². The Hall–Kier alpha value is -4.04. The lowest BCUT2D eigenvalue weighted by molar-refractivity contribution is -0.992. The van der Waals surface area contributed by atoms with Crippen molar-refractivity contribution in [3.05, 3.63) is 153 Å². The highest BCUT2D eigenvalue weighted by Crippen LogP contribution is 2.45. The standard InChI is InChI=1S/C34H26N2/c1-2-10-26-21-34-33-24(16-27-13-5-6-15-35(27)34)11-7-12-25(33)17-28-20-30-29-14-4-3-9-23(29)18-31(30)32(36(28)34)19-22(26)8-1/h1-15,20H,16-19,21H2/q+2. The summed E-state index contributed by atoms with van der Waals surface area (Å²) in [6, 6.07) is 34.6. The van der Waals surface area contributed by atoms with E-state index in [2.05, 4.69) is 106 Å².